The van der Waals surface area contributed by atoms with Crippen molar-refractivity contribution < 1.29 is 19.1 Å². The molecule has 0 unspecified atom stereocenters. The normalized spacial score (nSPS) is 9.79. The summed E-state index contributed by atoms with van der Waals surface area (Å²) in [5, 5.41) is 1.76. The molecule has 0 atom stereocenters. The van der Waals surface area contributed by atoms with E-state index in [4.69, 9.17) is 0 Å². The zero-order valence-electron chi connectivity index (χ0n) is 7.78. The molecule has 0 saturated carbocycles. The van der Waals surface area contributed by atoms with Crippen molar-refractivity contribution in [2.24, 2.45) is 5.73 Å². The van der Waals surface area contributed by atoms with Gasteiger partial charge in [0.15, 0.2) is 0 Å². The van der Waals surface area contributed by atoms with Crippen molar-refractivity contribution in [2.45, 2.75) is 13.3 Å². The van der Waals surface area contributed by atoms with Crippen LogP contribution in [0.15, 0.2) is 12.2 Å². The Labute approximate surface area is 81.1 Å². The number of amides is 3. The average Bonchev–Trinajstić information content (AvgIpc) is 2.10. The minimum Gasteiger partial charge on any atom is -0.463 e. The van der Waals surface area contributed by atoms with E-state index in [-0.39, 0.29) is 0 Å². The van der Waals surface area contributed by atoms with Gasteiger partial charge in [-0.3, -0.25) is 10.1 Å². The van der Waals surface area contributed by atoms with Gasteiger partial charge in [0.05, 0.1) is 6.61 Å². The summed E-state index contributed by atoms with van der Waals surface area (Å²) in [6.45, 7) is 2.14. The Morgan fingerprint density at radius 1 is 1.36 bits per heavy atom. The van der Waals surface area contributed by atoms with Gasteiger partial charge < -0.3 is 10.5 Å². The lowest BCUT2D eigenvalue weighted by atomic mass is 10.4. The number of imide groups is 1. The SMILES string of the molecule is CCCOC(=O)/C=C/C(=O)NC(N)=O. The summed E-state index contributed by atoms with van der Waals surface area (Å²) in [6, 6.07) is -0.971. The molecular weight excluding hydrogens is 188 g/mol. The summed E-state index contributed by atoms with van der Waals surface area (Å²) in [5.41, 5.74) is 4.66. The van der Waals surface area contributed by atoms with Crippen molar-refractivity contribution >= 4 is 17.9 Å². The highest BCUT2D eigenvalue weighted by atomic mass is 16.5. The standard InChI is InChI=1S/C8H12N2O4/c1-2-5-14-7(12)4-3-6(11)10-8(9)13/h3-4H,2,5H2,1H3,(H3,9,10,11,13)/b4-3+. The summed E-state index contributed by atoms with van der Waals surface area (Å²) in [5.74, 6) is -1.39. The van der Waals surface area contributed by atoms with Crippen molar-refractivity contribution in [3.63, 3.8) is 0 Å². The van der Waals surface area contributed by atoms with Gasteiger partial charge >= 0.3 is 12.0 Å². The highest BCUT2D eigenvalue weighted by Gasteiger charge is 2.00. The van der Waals surface area contributed by atoms with Crippen LogP contribution in [0.2, 0.25) is 0 Å². The molecule has 3 N–H and O–H groups in total. The molecule has 6 heteroatoms. The molecule has 0 bridgehead atoms. The number of hydrogen-bond donors (Lipinski definition) is 2. The number of carbonyl (C=O) groups excluding carboxylic acids is 3. The third-order valence-electron chi connectivity index (χ3n) is 1.07. The van der Waals surface area contributed by atoms with Gasteiger partial charge in [0.2, 0.25) is 0 Å². The van der Waals surface area contributed by atoms with E-state index in [1.807, 2.05) is 6.92 Å². The predicted molar refractivity (Wildman–Crippen MR) is 48.1 cm³/mol. The van der Waals surface area contributed by atoms with Crippen LogP contribution in [0.4, 0.5) is 4.79 Å². The van der Waals surface area contributed by atoms with Crippen LogP contribution in [-0.4, -0.2) is 24.5 Å². The van der Waals surface area contributed by atoms with Crippen LogP contribution >= 0.6 is 0 Å². The molecule has 0 fully saturated rings. The molecule has 0 rings (SSSR count). The molecule has 0 spiro atoms. The van der Waals surface area contributed by atoms with Gasteiger partial charge in [-0.2, -0.15) is 0 Å². The fraction of sp³-hybridized carbons (Fsp3) is 0.375. The molecule has 0 aromatic rings. The molecule has 0 aliphatic rings. The van der Waals surface area contributed by atoms with Gasteiger partial charge in [-0.05, 0) is 6.42 Å². The molecule has 0 radical (unpaired) electrons. The van der Waals surface area contributed by atoms with Crippen LogP contribution in [0.5, 0.6) is 0 Å². The van der Waals surface area contributed by atoms with E-state index in [9.17, 15) is 14.4 Å². The Bertz CT molecular complexity index is 260. The number of ether oxygens (including phenoxy) is 1. The van der Waals surface area contributed by atoms with Crippen LogP contribution in [0.3, 0.4) is 0 Å². The first-order chi connectivity index (χ1) is 6.56. The lowest BCUT2D eigenvalue weighted by molar-refractivity contribution is -0.138. The zero-order valence-corrected chi connectivity index (χ0v) is 7.78. The first kappa shape index (κ1) is 12.2. The fourth-order valence-electron chi connectivity index (χ4n) is 0.558. The molecule has 0 heterocycles. The number of urea groups is 1. The van der Waals surface area contributed by atoms with Crippen LogP contribution in [0, 0.1) is 0 Å². The molecule has 0 aliphatic heterocycles. The van der Waals surface area contributed by atoms with Crippen molar-refractivity contribution in [2.75, 3.05) is 6.61 Å². The summed E-state index contributed by atoms with van der Waals surface area (Å²) in [4.78, 5) is 31.7. The molecule has 78 valence electrons. The first-order valence-corrected chi connectivity index (χ1v) is 4.01. The fourth-order valence-corrected chi connectivity index (χ4v) is 0.558. The third-order valence-corrected chi connectivity index (χ3v) is 1.07. The van der Waals surface area contributed by atoms with E-state index in [1.165, 1.54) is 0 Å². The molecule has 0 saturated heterocycles. The number of carbonyl (C=O) groups is 3. The largest absolute Gasteiger partial charge is 0.463 e. The van der Waals surface area contributed by atoms with Crippen molar-refractivity contribution in [1.29, 1.82) is 0 Å². The van der Waals surface area contributed by atoms with E-state index < -0.39 is 17.9 Å². The average molecular weight is 200 g/mol. The smallest absolute Gasteiger partial charge is 0.330 e. The monoisotopic (exact) mass is 200 g/mol. The molecule has 14 heavy (non-hydrogen) atoms. The molecule has 0 aromatic heterocycles. The highest BCUT2D eigenvalue weighted by Crippen LogP contribution is 1.84. The van der Waals surface area contributed by atoms with Gasteiger partial charge in [0, 0.05) is 12.2 Å². The number of esters is 1. The maximum Gasteiger partial charge on any atom is 0.330 e. The lowest BCUT2D eigenvalue weighted by Gasteiger charge is -1.97. The van der Waals surface area contributed by atoms with E-state index in [0.29, 0.717) is 13.0 Å². The number of primary amides is 1. The minimum atomic E-state index is -0.971. The van der Waals surface area contributed by atoms with Gasteiger partial charge in [-0.1, -0.05) is 6.92 Å². The van der Waals surface area contributed by atoms with Gasteiger partial charge in [0.1, 0.15) is 0 Å². The second-order valence-corrected chi connectivity index (χ2v) is 2.35. The predicted octanol–water partition coefficient (Wildman–Crippen LogP) is -0.309. The summed E-state index contributed by atoms with van der Waals surface area (Å²) >= 11 is 0. The Morgan fingerprint density at radius 2 is 2.00 bits per heavy atom. The molecule has 6 nitrogen and oxygen atoms in total. The van der Waals surface area contributed by atoms with Crippen molar-refractivity contribution in [3.8, 4) is 0 Å². The Hall–Kier alpha value is -1.85. The maximum atomic E-state index is 10.8. The van der Waals surface area contributed by atoms with E-state index in [0.717, 1.165) is 12.2 Å². The number of nitrogens with two attached hydrogens (primary N) is 1. The van der Waals surface area contributed by atoms with E-state index in [2.05, 4.69) is 10.5 Å². The maximum absolute atomic E-state index is 10.8. The van der Waals surface area contributed by atoms with Gasteiger partial charge in [0.25, 0.3) is 5.91 Å². The summed E-state index contributed by atoms with van der Waals surface area (Å²) < 4.78 is 4.62. The Morgan fingerprint density at radius 3 is 2.50 bits per heavy atom. The number of hydrogen-bond acceptors (Lipinski definition) is 4. The van der Waals surface area contributed by atoms with Crippen LogP contribution < -0.4 is 11.1 Å². The highest BCUT2D eigenvalue weighted by molar-refractivity contribution is 6.02. The van der Waals surface area contributed by atoms with Gasteiger partial charge in [-0.25, -0.2) is 9.59 Å². The topological polar surface area (TPSA) is 98.5 Å². The van der Waals surface area contributed by atoms with E-state index in [1.54, 1.807) is 5.32 Å². The van der Waals surface area contributed by atoms with Crippen molar-refractivity contribution in [3.05, 3.63) is 12.2 Å². The zero-order chi connectivity index (χ0) is 11.0. The van der Waals surface area contributed by atoms with Crippen LogP contribution in [0.1, 0.15) is 13.3 Å². The number of nitrogens with one attached hydrogen (secondary N) is 1. The first-order valence-electron chi connectivity index (χ1n) is 4.01. The third kappa shape index (κ3) is 6.84. The second-order valence-electron chi connectivity index (χ2n) is 2.35. The van der Waals surface area contributed by atoms with Crippen molar-refractivity contribution in [1.82, 2.24) is 5.32 Å². The molecule has 0 aromatic carbocycles. The quantitative estimate of drug-likeness (QED) is 0.480. The lowest BCUT2D eigenvalue weighted by Crippen LogP contribution is -2.33. The second kappa shape index (κ2) is 6.64. The summed E-state index contributed by atoms with van der Waals surface area (Å²) in [7, 11) is 0. The number of rotatable bonds is 4. The van der Waals surface area contributed by atoms with Crippen LogP contribution in [-0.2, 0) is 14.3 Å². The summed E-state index contributed by atoms with van der Waals surface area (Å²) in [6.07, 6.45) is 2.50. The Balaban J connectivity index is 3.85. The minimum absolute atomic E-state index is 0.292. The molecule has 0 aliphatic carbocycles. The van der Waals surface area contributed by atoms with Crippen LogP contribution in [0.25, 0.3) is 0 Å². The molecule has 3 amide bonds. The van der Waals surface area contributed by atoms with E-state index >= 15 is 0 Å². The Kier molecular flexibility index (Phi) is 5.77. The molecular formula is C8H12N2O4. The van der Waals surface area contributed by atoms with Gasteiger partial charge in [-0.15, -0.1) is 0 Å².